The number of furan rings is 2. The van der Waals surface area contributed by atoms with Gasteiger partial charge in [0.1, 0.15) is 22.3 Å². The molecule has 0 atom stereocenters. The summed E-state index contributed by atoms with van der Waals surface area (Å²) in [4.78, 5) is 2.43. The monoisotopic (exact) mass is 651 g/mol. The minimum absolute atomic E-state index is 0.858. The van der Waals surface area contributed by atoms with Crippen LogP contribution in [0, 0.1) is 0 Å². The van der Waals surface area contributed by atoms with Crippen molar-refractivity contribution in [2.45, 2.75) is 0 Å². The molecule has 3 heteroatoms. The second-order valence-electron chi connectivity index (χ2n) is 13.2. The first kappa shape index (κ1) is 28.0. The SMILES string of the molecule is c1ccc(N(c2cccc3ccccc23)c2cccc3oc4c5ccccc5ccc4c23)c(-c2cccc3oc4c5ccccc5ccc4c23)c1. The molecular weight excluding hydrogens is 623 g/mol. The van der Waals surface area contributed by atoms with Crippen LogP contribution < -0.4 is 4.90 Å². The average Bonchev–Trinajstić information content (AvgIpc) is 3.78. The van der Waals surface area contributed by atoms with Crippen molar-refractivity contribution in [3.05, 3.63) is 176 Å². The number of anilines is 3. The summed E-state index contributed by atoms with van der Waals surface area (Å²) in [6, 6.07) is 62.5. The standard InChI is InChI=1S/C48H29NO2/c1-4-16-33-30(12-1)15-9-22-40(33)49(42-23-11-25-44-46(42)39-29-27-32-14-3-6-18-35(32)48(39)51-44)41-21-8-7-19-36(41)37-20-10-24-43-45(37)38-28-26-31-13-2-5-17-34(31)47(38)50-43/h1-29H. The molecule has 0 fully saturated rings. The molecule has 3 nitrogen and oxygen atoms in total. The molecule has 2 heterocycles. The number of rotatable bonds is 4. The Kier molecular flexibility index (Phi) is 5.96. The minimum Gasteiger partial charge on any atom is -0.455 e. The summed E-state index contributed by atoms with van der Waals surface area (Å²) in [6.07, 6.45) is 0. The van der Waals surface area contributed by atoms with Gasteiger partial charge in [-0.15, -0.1) is 0 Å². The van der Waals surface area contributed by atoms with Crippen LogP contribution >= 0.6 is 0 Å². The Labute approximate surface area is 293 Å². The van der Waals surface area contributed by atoms with Gasteiger partial charge in [0, 0.05) is 37.9 Å². The maximum absolute atomic E-state index is 6.72. The maximum atomic E-state index is 6.72. The van der Waals surface area contributed by atoms with Crippen LogP contribution in [0.25, 0.3) is 87.3 Å². The summed E-state index contributed by atoms with van der Waals surface area (Å²) >= 11 is 0. The topological polar surface area (TPSA) is 29.5 Å². The molecule has 0 N–H and O–H groups in total. The zero-order chi connectivity index (χ0) is 33.5. The normalized spacial score (nSPS) is 11.9. The Morgan fingerprint density at radius 3 is 1.49 bits per heavy atom. The van der Waals surface area contributed by atoms with Gasteiger partial charge in [0.2, 0.25) is 0 Å². The molecule has 0 radical (unpaired) electrons. The number of para-hydroxylation sites is 1. The fourth-order valence-electron chi connectivity index (χ4n) is 8.19. The molecule has 0 saturated heterocycles. The van der Waals surface area contributed by atoms with Crippen LogP contribution in [0.15, 0.2) is 185 Å². The molecule has 11 rings (SSSR count). The van der Waals surface area contributed by atoms with Gasteiger partial charge < -0.3 is 13.7 Å². The first-order chi connectivity index (χ1) is 25.3. The minimum atomic E-state index is 0.858. The van der Waals surface area contributed by atoms with Gasteiger partial charge in [0.05, 0.1) is 22.4 Å². The van der Waals surface area contributed by atoms with Crippen LogP contribution in [-0.4, -0.2) is 0 Å². The van der Waals surface area contributed by atoms with E-state index < -0.39 is 0 Å². The van der Waals surface area contributed by atoms with Gasteiger partial charge in [-0.05, 0) is 64.2 Å². The molecule has 11 aromatic rings. The fourth-order valence-corrected chi connectivity index (χ4v) is 8.19. The molecule has 0 aliphatic heterocycles. The van der Waals surface area contributed by atoms with Crippen LogP contribution in [0.4, 0.5) is 17.1 Å². The highest BCUT2D eigenvalue weighted by Crippen LogP contribution is 2.50. The Balaban J connectivity index is 1.25. The fraction of sp³-hybridized carbons (Fsp3) is 0. The first-order valence-electron chi connectivity index (χ1n) is 17.4. The van der Waals surface area contributed by atoms with Crippen molar-refractivity contribution in [1.82, 2.24) is 0 Å². The van der Waals surface area contributed by atoms with E-state index in [1.54, 1.807) is 0 Å². The maximum Gasteiger partial charge on any atom is 0.143 e. The molecule has 51 heavy (non-hydrogen) atoms. The average molecular weight is 652 g/mol. The van der Waals surface area contributed by atoms with E-state index in [9.17, 15) is 0 Å². The molecule has 0 bridgehead atoms. The van der Waals surface area contributed by atoms with Gasteiger partial charge in [0.15, 0.2) is 0 Å². The van der Waals surface area contributed by atoms with Gasteiger partial charge in [-0.1, -0.05) is 133 Å². The second kappa shape index (κ2) is 10.8. The van der Waals surface area contributed by atoms with Crippen molar-refractivity contribution in [3.8, 4) is 11.1 Å². The third-order valence-corrected chi connectivity index (χ3v) is 10.4. The number of fused-ring (bicyclic) bond motifs is 11. The Bertz CT molecular complexity index is 3160. The van der Waals surface area contributed by atoms with Crippen LogP contribution in [0.5, 0.6) is 0 Å². The van der Waals surface area contributed by atoms with Crippen molar-refractivity contribution in [3.63, 3.8) is 0 Å². The zero-order valence-electron chi connectivity index (χ0n) is 27.5. The Morgan fingerprint density at radius 2 is 0.765 bits per heavy atom. The summed E-state index contributed by atoms with van der Waals surface area (Å²) in [5.41, 5.74) is 9.01. The lowest BCUT2D eigenvalue weighted by molar-refractivity contribution is 0.672. The van der Waals surface area contributed by atoms with E-state index in [0.29, 0.717) is 0 Å². The van der Waals surface area contributed by atoms with Crippen molar-refractivity contribution < 1.29 is 8.83 Å². The highest BCUT2D eigenvalue weighted by molar-refractivity contribution is 6.22. The van der Waals surface area contributed by atoms with Gasteiger partial charge in [0.25, 0.3) is 0 Å². The van der Waals surface area contributed by atoms with Gasteiger partial charge in [-0.25, -0.2) is 0 Å². The van der Waals surface area contributed by atoms with Crippen LogP contribution in [-0.2, 0) is 0 Å². The van der Waals surface area contributed by atoms with E-state index in [1.807, 2.05) is 0 Å². The first-order valence-corrected chi connectivity index (χ1v) is 17.4. The lowest BCUT2D eigenvalue weighted by atomic mass is 9.95. The summed E-state index contributed by atoms with van der Waals surface area (Å²) < 4.78 is 13.4. The highest BCUT2D eigenvalue weighted by atomic mass is 16.3. The van der Waals surface area contributed by atoms with Crippen LogP contribution in [0.3, 0.4) is 0 Å². The van der Waals surface area contributed by atoms with Crippen molar-refractivity contribution in [1.29, 1.82) is 0 Å². The van der Waals surface area contributed by atoms with Crippen molar-refractivity contribution in [2.75, 3.05) is 4.90 Å². The van der Waals surface area contributed by atoms with E-state index in [0.717, 1.165) is 88.2 Å². The van der Waals surface area contributed by atoms with Crippen molar-refractivity contribution >= 4 is 93.3 Å². The summed E-state index contributed by atoms with van der Waals surface area (Å²) in [5.74, 6) is 0. The highest BCUT2D eigenvalue weighted by Gasteiger charge is 2.25. The summed E-state index contributed by atoms with van der Waals surface area (Å²) in [6.45, 7) is 0. The molecule has 2 aromatic heterocycles. The molecule has 0 amide bonds. The molecule has 0 saturated carbocycles. The van der Waals surface area contributed by atoms with Gasteiger partial charge in [-0.2, -0.15) is 0 Å². The number of benzene rings is 9. The Hall–Kier alpha value is -6.84. The zero-order valence-corrected chi connectivity index (χ0v) is 27.5. The quantitative estimate of drug-likeness (QED) is 0.190. The smallest absolute Gasteiger partial charge is 0.143 e. The van der Waals surface area contributed by atoms with Gasteiger partial charge in [-0.3, -0.25) is 0 Å². The third kappa shape index (κ3) is 4.12. The molecular formula is C48H29NO2. The van der Waals surface area contributed by atoms with Crippen LogP contribution in [0.2, 0.25) is 0 Å². The molecule has 0 aliphatic rings. The predicted molar refractivity (Wildman–Crippen MR) is 214 cm³/mol. The lowest BCUT2D eigenvalue weighted by Gasteiger charge is -2.29. The number of hydrogen-bond acceptors (Lipinski definition) is 3. The molecule has 0 unspecified atom stereocenters. The number of nitrogens with zero attached hydrogens (tertiary/aromatic N) is 1. The molecule has 238 valence electrons. The van der Waals surface area contributed by atoms with E-state index in [1.165, 1.54) is 16.2 Å². The summed E-state index contributed by atoms with van der Waals surface area (Å²) in [7, 11) is 0. The van der Waals surface area contributed by atoms with E-state index in [2.05, 4.69) is 181 Å². The van der Waals surface area contributed by atoms with Crippen molar-refractivity contribution in [2.24, 2.45) is 0 Å². The van der Waals surface area contributed by atoms with E-state index in [4.69, 9.17) is 8.83 Å². The largest absolute Gasteiger partial charge is 0.455 e. The predicted octanol–water partition coefficient (Wildman–Crippen LogP) is 14.1. The number of hydrogen-bond donors (Lipinski definition) is 0. The van der Waals surface area contributed by atoms with E-state index in [-0.39, 0.29) is 0 Å². The second-order valence-corrected chi connectivity index (χ2v) is 13.2. The van der Waals surface area contributed by atoms with Gasteiger partial charge >= 0.3 is 0 Å². The lowest BCUT2D eigenvalue weighted by Crippen LogP contribution is -2.12. The molecule has 0 spiro atoms. The third-order valence-electron chi connectivity index (χ3n) is 10.4. The Morgan fingerprint density at radius 1 is 0.294 bits per heavy atom. The molecule has 0 aliphatic carbocycles. The summed E-state index contributed by atoms with van der Waals surface area (Å²) in [5, 5.41) is 11.3. The molecule has 9 aromatic carbocycles. The van der Waals surface area contributed by atoms with Crippen LogP contribution in [0.1, 0.15) is 0 Å². The van der Waals surface area contributed by atoms with E-state index >= 15 is 0 Å².